The van der Waals surface area contributed by atoms with Crippen molar-refractivity contribution in [3.8, 4) is 5.75 Å². The number of fused-ring (bicyclic) bond motifs is 5. The number of nitrogens with zero attached hydrogens (tertiary/aromatic N) is 2. The van der Waals surface area contributed by atoms with Crippen molar-refractivity contribution in [1.82, 2.24) is 4.90 Å². The number of ether oxygens (including phenoxy) is 2. The van der Waals surface area contributed by atoms with Crippen molar-refractivity contribution in [3.05, 3.63) is 23.8 Å². The van der Waals surface area contributed by atoms with Crippen molar-refractivity contribution in [3.63, 3.8) is 0 Å². The van der Waals surface area contributed by atoms with Crippen LogP contribution in [0.1, 0.15) is 38.2 Å². The number of carbonyl (C=O) groups is 1. The maximum absolute atomic E-state index is 11.9. The number of esters is 1. The zero-order valence-corrected chi connectivity index (χ0v) is 16.3. The summed E-state index contributed by atoms with van der Waals surface area (Å²) in [7, 11) is 3.08. The Balaban J connectivity index is 1.67. The van der Waals surface area contributed by atoms with E-state index >= 15 is 0 Å². The average Bonchev–Trinajstić information content (AvgIpc) is 3.00. The second-order valence-corrected chi connectivity index (χ2v) is 7.92. The summed E-state index contributed by atoms with van der Waals surface area (Å²) in [5.74, 6) is 1.25. The second kappa shape index (κ2) is 6.91. The third-order valence-electron chi connectivity index (χ3n) is 6.66. The molecule has 3 aliphatic rings. The van der Waals surface area contributed by atoms with E-state index in [2.05, 4.69) is 11.8 Å². The van der Waals surface area contributed by atoms with Crippen molar-refractivity contribution in [2.24, 2.45) is 16.8 Å². The smallest absolute Gasteiger partial charge is 0.305 e. The number of piperidine rings is 2. The highest BCUT2D eigenvalue weighted by atomic mass is 16.5. The van der Waals surface area contributed by atoms with E-state index in [1.807, 2.05) is 18.2 Å². The van der Waals surface area contributed by atoms with Crippen molar-refractivity contribution >= 4 is 17.4 Å². The van der Waals surface area contributed by atoms with Crippen LogP contribution in [0.25, 0.3) is 0 Å². The van der Waals surface area contributed by atoms with Gasteiger partial charge in [-0.05, 0) is 36.8 Å². The van der Waals surface area contributed by atoms with Crippen molar-refractivity contribution in [1.29, 1.82) is 0 Å². The lowest BCUT2D eigenvalue weighted by molar-refractivity contribution is -0.143. The van der Waals surface area contributed by atoms with E-state index in [1.165, 1.54) is 7.11 Å². The number of benzene rings is 1. The van der Waals surface area contributed by atoms with Crippen LogP contribution in [0.3, 0.4) is 0 Å². The normalized spacial score (nSPS) is 32.1. The van der Waals surface area contributed by atoms with E-state index in [0.29, 0.717) is 24.5 Å². The van der Waals surface area contributed by atoms with Gasteiger partial charge in [-0.25, -0.2) is 0 Å². The summed E-state index contributed by atoms with van der Waals surface area (Å²) in [5, 5.41) is 11.6. The molecule has 0 saturated carbocycles. The number of rotatable bonds is 4. The maximum Gasteiger partial charge on any atom is 0.305 e. The van der Waals surface area contributed by atoms with Crippen molar-refractivity contribution < 1.29 is 19.4 Å². The van der Waals surface area contributed by atoms with E-state index in [1.54, 1.807) is 7.11 Å². The summed E-state index contributed by atoms with van der Waals surface area (Å²) in [4.78, 5) is 19.2. The average molecular weight is 372 g/mol. The molecule has 6 heteroatoms. The first-order chi connectivity index (χ1) is 13.0. The first-order valence-electron chi connectivity index (χ1n) is 9.81. The molecule has 0 spiro atoms. The standard InChI is InChI=1S/C21H28N2O4/c1-4-13-12-23-9-8-21(25)19-15(6-5-7-17(19)26-2)22-20(21)16(23)10-14(13)11-18(24)27-3/h5-7,13-14,16,25H,4,8-12H2,1-3H3/t13?,14?,16-,21?/m0/s1. The molecule has 1 aromatic rings. The lowest BCUT2D eigenvalue weighted by atomic mass is 9.71. The highest BCUT2D eigenvalue weighted by Crippen LogP contribution is 2.51. The lowest BCUT2D eigenvalue weighted by Gasteiger charge is -2.50. The summed E-state index contributed by atoms with van der Waals surface area (Å²) in [6.45, 7) is 3.94. The first-order valence-corrected chi connectivity index (χ1v) is 9.81. The predicted molar refractivity (Wildman–Crippen MR) is 102 cm³/mol. The molecule has 2 fully saturated rings. The van der Waals surface area contributed by atoms with Gasteiger partial charge in [0.05, 0.1) is 37.2 Å². The van der Waals surface area contributed by atoms with Gasteiger partial charge in [0, 0.05) is 19.5 Å². The molecule has 0 aliphatic carbocycles. The molecule has 3 aliphatic heterocycles. The van der Waals surface area contributed by atoms with Crippen LogP contribution < -0.4 is 4.74 Å². The van der Waals surface area contributed by atoms with Crippen LogP contribution in [0.5, 0.6) is 5.75 Å². The van der Waals surface area contributed by atoms with Crippen molar-refractivity contribution in [2.45, 2.75) is 44.2 Å². The van der Waals surface area contributed by atoms with E-state index < -0.39 is 5.60 Å². The molecular formula is C21H28N2O4. The van der Waals surface area contributed by atoms with Crippen LogP contribution in [0.2, 0.25) is 0 Å². The lowest BCUT2D eigenvalue weighted by Crippen LogP contribution is -2.60. The van der Waals surface area contributed by atoms with Gasteiger partial charge >= 0.3 is 5.97 Å². The molecule has 3 unspecified atom stereocenters. The Kier molecular flexibility index (Phi) is 4.72. The number of carbonyl (C=O) groups excluding carboxylic acids is 1. The van der Waals surface area contributed by atoms with Crippen LogP contribution in [-0.4, -0.2) is 55.0 Å². The summed E-state index contributed by atoms with van der Waals surface area (Å²) >= 11 is 0. The minimum atomic E-state index is -1.07. The highest BCUT2D eigenvalue weighted by Gasteiger charge is 2.53. The van der Waals surface area contributed by atoms with Crippen molar-refractivity contribution in [2.75, 3.05) is 27.3 Å². The number of aliphatic hydroxyl groups is 1. The van der Waals surface area contributed by atoms with Gasteiger partial charge in [-0.1, -0.05) is 19.4 Å². The highest BCUT2D eigenvalue weighted by molar-refractivity contribution is 6.05. The van der Waals surface area contributed by atoms with E-state index in [-0.39, 0.29) is 17.9 Å². The van der Waals surface area contributed by atoms with Crippen LogP contribution in [0.4, 0.5) is 5.69 Å². The fourth-order valence-corrected chi connectivity index (χ4v) is 5.20. The fraction of sp³-hybridized carbons (Fsp3) is 0.619. The number of aliphatic imine (C=N–C) groups is 1. The van der Waals surface area contributed by atoms with Gasteiger partial charge in [-0.3, -0.25) is 14.7 Å². The molecule has 3 heterocycles. The molecule has 2 saturated heterocycles. The molecule has 4 atom stereocenters. The molecule has 6 nitrogen and oxygen atoms in total. The predicted octanol–water partition coefficient (Wildman–Crippen LogP) is 2.65. The Hall–Kier alpha value is -1.92. The van der Waals surface area contributed by atoms with E-state index in [0.717, 1.165) is 42.9 Å². The zero-order chi connectivity index (χ0) is 19.2. The van der Waals surface area contributed by atoms with E-state index in [9.17, 15) is 9.90 Å². The molecule has 4 rings (SSSR count). The molecule has 0 amide bonds. The number of methoxy groups -OCH3 is 2. The Labute approximate surface area is 160 Å². The Morgan fingerprint density at radius 2 is 2.19 bits per heavy atom. The number of hydrogen-bond acceptors (Lipinski definition) is 6. The monoisotopic (exact) mass is 372 g/mol. The number of hydrogen-bond donors (Lipinski definition) is 1. The quantitative estimate of drug-likeness (QED) is 0.823. The summed E-state index contributed by atoms with van der Waals surface area (Å²) < 4.78 is 10.4. The van der Waals surface area contributed by atoms with Crippen LogP contribution in [-0.2, 0) is 15.1 Å². The van der Waals surface area contributed by atoms with Crippen LogP contribution in [0, 0.1) is 11.8 Å². The van der Waals surface area contributed by atoms with Gasteiger partial charge in [0.25, 0.3) is 0 Å². The Morgan fingerprint density at radius 1 is 1.37 bits per heavy atom. The molecule has 0 bridgehead atoms. The third kappa shape index (κ3) is 2.86. The summed E-state index contributed by atoms with van der Waals surface area (Å²) in [5.41, 5.74) is 1.34. The summed E-state index contributed by atoms with van der Waals surface area (Å²) in [6.07, 6.45) is 2.91. The second-order valence-electron chi connectivity index (χ2n) is 7.92. The van der Waals surface area contributed by atoms with Gasteiger partial charge in [0.1, 0.15) is 11.4 Å². The molecule has 1 aromatic carbocycles. The summed E-state index contributed by atoms with van der Waals surface area (Å²) in [6, 6.07) is 5.79. The molecule has 0 radical (unpaired) electrons. The molecule has 146 valence electrons. The molecule has 0 aromatic heterocycles. The van der Waals surface area contributed by atoms with Crippen LogP contribution in [0.15, 0.2) is 23.2 Å². The third-order valence-corrected chi connectivity index (χ3v) is 6.66. The van der Waals surface area contributed by atoms with Gasteiger partial charge in [-0.2, -0.15) is 0 Å². The fourth-order valence-electron chi connectivity index (χ4n) is 5.20. The first kappa shape index (κ1) is 18.4. The topological polar surface area (TPSA) is 71.4 Å². The maximum atomic E-state index is 11.9. The molecular weight excluding hydrogens is 344 g/mol. The SMILES string of the molecule is CCC1CN2CCC3(O)C(=Nc4cccc(OC)c43)[C@@H]2CC1CC(=O)OC. The molecule has 27 heavy (non-hydrogen) atoms. The molecule has 1 N–H and O–H groups in total. The van der Waals surface area contributed by atoms with Gasteiger partial charge in [0.2, 0.25) is 0 Å². The van der Waals surface area contributed by atoms with Gasteiger partial charge in [0.15, 0.2) is 0 Å². The van der Waals surface area contributed by atoms with Crippen LogP contribution >= 0.6 is 0 Å². The zero-order valence-electron chi connectivity index (χ0n) is 16.3. The Bertz CT molecular complexity index is 777. The largest absolute Gasteiger partial charge is 0.496 e. The Morgan fingerprint density at radius 3 is 2.89 bits per heavy atom. The minimum Gasteiger partial charge on any atom is -0.496 e. The van der Waals surface area contributed by atoms with E-state index in [4.69, 9.17) is 14.5 Å². The van der Waals surface area contributed by atoms with Gasteiger partial charge in [-0.15, -0.1) is 0 Å². The minimum absolute atomic E-state index is 0.0540. The van der Waals surface area contributed by atoms with Gasteiger partial charge < -0.3 is 14.6 Å².